The Morgan fingerprint density at radius 1 is 1.50 bits per heavy atom. The second kappa shape index (κ2) is 4.31. The van der Waals surface area contributed by atoms with Gasteiger partial charge in [-0.15, -0.1) is 0 Å². The van der Waals surface area contributed by atoms with Gasteiger partial charge in [-0.05, 0) is 18.9 Å². The first-order valence-electron chi connectivity index (χ1n) is 4.50. The Morgan fingerprint density at radius 3 is 2.57 bits per heavy atom. The topological polar surface area (TPSA) is 52.0 Å². The first-order valence-corrected chi connectivity index (χ1v) is 6.81. The number of nitrogens with zero attached hydrogens (tertiary/aromatic N) is 2. The number of hydrogen-bond acceptors (Lipinski definition) is 3. The van der Waals surface area contributed by atoms with Gasteiger partial charge in [-0.3, -0.25) is 4.68 Å². The van der Waals surface area contributed by atoms with E-state index in [4.69, 9.17) is 10.7 Å². The van der Waals surface area contributed by atoms with Gasteiger partial charge in [-0.2, -0.15) is 5.10 Å². The molecule has 0 spiro atoms. The first kappa shape index (κ1) is 11.5. The summed E-state index contributed by atoms with van der Waals surface area (Å²) < 4.78 is 23.8. The molecule has 0 aliphatic rings. The minimum Gasteiger partial charge on any atom is -0.253 e. The van der Waals surface area contributed by atoms with Crippen molar-refractivity contribution in [1.82, 2.24) is 9.78 Å². The minimum atomic E-state index is -3.67. The summed E-state index contributed by atoms with van der Waals surface area (Å²) in [6.07, 6.45) is 1.53. The van der Waals surface area contributed by atoms with E-state index in [9.17, 15) is 8.42 Å². The monoisotopic (exact) mass is 236 g/mol. The maximum absolute atomic E-state index is 11.2. The van der Waals surface area contributed by atoms with Crippen LogP contribution in [0.5, 0.6) is 0 Å². The maximum atomic E-state index is 11.2. The molecule has 0 aliphatic heterocycles. The van der Waals surface area contributed by atoms with Gasteiger partial charge >= 0.3 is 0 Å². The Bertz CT molecular complexity index is 411. The zero-order valence-electron chi connectivity index (χ0n) is 8.20. The highest BCUT2D eigenvalue weighted by molar-refractivity contribution is 8.13. The summed E-state index contributed by atoms with van der Waals surface area (Å²) in [5, 5.41) is 4.23. The summed E-state index contributed by atoms with van der Waals surface area (Å²) in [5.74, 6) is 0. The third-order valence-corrected chi connectivity index (χ3v) is 3.14. The molecule has 80 valence electrons. The van der Waals surface area contributed by atoms with Crippen LogP contribution in [-0.4, -0.2) is 18.2 Å². The Hall–Kier alpha value is -0.550. The van der Waals surface area contributed by atoms with E-state index in [0.717, 1.165) is 12.1 Å². The molecule has 1 rings (SSSR count). The van der Waals surface area contributed by atoms with Crippen LogP contribution < -0.4 is 0 Å². The molecule has 1 aromatic rings. The van der Waals surface area contributed by atoms with Crippen LogP contribution in [0.3, 0.4) is 0 Å². The van der Waals surface area contributed by atoms with Crippen LogP contribution in [0.15, 0.2) is 11.1 Å². The zero-order valence-corrected chi connectivity index (χ0v) is 9.77. The van der Waals surface area contributed by atoms with Gasteiger partial charge in [0.2, 0.25) is 0 Å². The van der Waals surface area contributed by atoms with Gasteiger partial charge < -0.3 is 0 Å². The fourth-order valence-corrected chi connectivity index (χ4v) is 2.22. The number of halogens is 1. The predicted molar refractivity (Wildman–Crippen MR) is 54.9 cm³/mol. The van der Waals surface area contributed by atoms with Crippen LogP contribution in [0.1, 0.15) is 26.0 Å². The lowest BCUT2D eigenvalue weighted by Crippen LogP contribution is -2.06. The van der Waals surface area contributed by atoms with Gasteiger partial charge in [0.05, 0.1) is 5.69 Å². The highest BCUT2D eigenvalue weighted by atomic mass is 35.7. The molecule has 14 heavy (non-hydrogen) atoms. The van der Waals surface area contributed by atoms with Crippen molar-refractivity contribution >= 4 is 19.7 Å². The van der Waals surface area contributed by atoms with Crippen LogP contribution in [0.25, 0.3) is 0 Å². The molecule has 0 unspecified atom stereocenters. The Balaban J connectivity index is 3.19. The molecular formula is C8H13ClN2O2S. The molecule has 0 N–H and O–H groups in total. The highest BCUT2D eigenvalue weighted by Crippen LogP contribution is 2.17. The van der Waals surface area contributed by atoms with Crippen molar-refractivity contribution in [3.05, 3.63) is 11.8 Å². The van der Waals surface area contributed by atoms with E-state index < -0.39 is 9.05 Å². The van der Waals surface area contributed by atoms with E-state index in [1.807, 2.05) is 13.8 Å². The molecule has 0 saturated heterocycles. The fourth-order valence-electron chi connectivity index (χ4n) is 1.19. The maximum Gasteiger partial charge on any atom is 0.278 e. The normalized spacial score (nSPS) is 11.9. The van der Waals surface area contributed by atoms with Crippen molar-refractivity contribution in [2.24, 2.45) is 0 Å². The van der Waals surface area contributed by atoms with Gasteiger partial charge in [-0.25, -0.2) is 8.42 Å². The van der Waals surface area contributed by atoms with E-state index in [1.54, 1.807) is 0 Å². The Morgan fingerprint density at radius 2 is 2.14 bits per heavy atom. The lowest BCUT2D eigenvalue weighted by Gasteiger charge is -2.01. The first-order chi connectivity index (χ1) is 6.49. The molecule has 0 saturated carbocycles. The molecule has 0 radical (unpaired) electrons. The molecule has 0 amide bonds. The van der Waals surface area contributed by atoms with Gasteiger partial charge in [-0.1, -0.05) is 13.8 Å². The lowest BCUT2D eigenvalue weighted by molar-refractivity contribution is 0.533. The molecule has 0 bridgehead atoms. The smallest absolute Gasteiger partial charge is 0.253 e. The standard InChI is InChI=1S/C8H13ClN2O2S/c1-3-5-11-8(14(9,12)13)6-7(4-2)10-11/h6H,3-5H2,1-2H3. The second-order valence-electron chi connectivity index (χ2n) is 2.99. The van der Waals surface area contributed by atoms with Crippen LogP contribution in [0.2, 0.25) is 0 Å². The van der Waals surface area contributed by atoms with Crippen molar-refractivity contribution < 1.29 is 8.42 Å². The van der Waals surface area contributed by atoms with Crippen LogP contribution in [0, 0.1) is 0 Å². The average molecular weight is 237 g/mol. The summed E-state index contributed by atoms with van der Waals surface area (Å²) in [4.78, 5) is 0. The van der Waals surface area contributed by atoms with Crippen molar-refractivity contribution in [3.8, 4) is 0 Å². The number of aryl methyl sites for hydroxylation is 2. The number of rotatable bonds is 4. The molecular weight excluding hydrogens is 224 g/mol. The number of hydrogen-bond donors (Lipinski definition) is 0. The summed E-state index contributed by atoms with van der Waals surface area (Å²) in [6, 6.07) is 1.53. The van der Waals surface area contributed by atoms with Crippen molar-refractivity contribution in [3.63, 3.8) is 0 Å². The van der Waals surface area contributed by atoms with E-state index >= 15 is 0 Å². The quantitative estimate of drug-likeness (QED) is 0.749. The Labute approximate surface area is 88.3 Å². The largest absolute Gasteiger partial charge is 0.278 e. The molecule has 4 nitrogen and oxygen atoms in total. The van der Waals surface area contributed by atoms with E-state index in [-0.39, 0.29) is 5.03 Å². The molecule has 0 fully saturated rings. The molecule has 6 heteroatoms. The predicted octanol–water partition coefficient (Wildman–Crippen LogP) is 1.78. The number of aromatic nitrogens is 2. The average Bonchev–Trinajstić information content (AvgIpc) is 2.48. The summed E-state index contributed by atoms with van der Waals surface area (Å²) >= 11 is 0. The molecule has 0 atom stereocenters. The van der Waals surface area contributed by atoms with Crippen molar-refractivity contribution in [1.29, 1.82) is 0 Å². The third kappa shape index (κ3) is 2.48. The summed E-state index contributed by atoms with van der Waals surface area (Å²) in [5.41, 5.74) is 0.748. The van der Waals surface area contributed by atoms with E-state index in [1.165, 1.54) is 10.7 Å². The SMILES string of the molecule is CCCn1nc(CC)cc1S(=O)(=O)Cl. The fraction of sp³-hybridized carbons (Fsp3) is 0.625. The van der Waals surface area contributed by atoms with Crippen molar-refractivity contribution in [2.45, 2.75) is 38.3 Å². The van der Waals surface area contributed by atoms with Crippen LogP contribution in [-0.2, 0) is 22.0 Å². The van der Waals surface area contributed by atoms with Gasteiger partial charge in [0, 0.05) is 17.2 Å². The third-order valence-electron chi connectivity index (χ3n) is 1.84. The molecule has 0 aromatic carbocycles. The summed E-state index contributed by atoms with van der Waals surface area (Å²) in [7, 11) is 1.61. The van der Waals surface area contributed by atoms with E-state index in [0.29, 0.717) is 13.0 Å². The lowest BCUT2D eigenvalue weighted by atomic mass is 10.3. The summed E-state index contributed by atoms with van der Waals surface area (Å²) in [6.45, 7) is 4.45. The van der Waals surface area contributed by atoms with Crippen molar-refractivity contribution in [2.75, 3.05) is 0 Å². The zero-order chi connectivity index (χ0) is 10.8. The Kier molecular flexibility index (Phi) is 3.55. The molecule has 1 heterocycles. The highest BCUT2D eigenvalue weighted by Gasteiger charge is 2.17. The van der Waals surface area contributed by atoms with Gasteiger partial charge in [0.25, 0.3) is 9.05 Å². The van der Waals surface area contributed by atoms with Gasteiger partial charge in [0.15, 0.2) is 5.03 Å². The molecule has 0 aliphatic carbocycles. The second-order valence-corrected chi connectivity index (χ2v) is 5.50. The van der Waals surface area contributed by atoms with Crippen LogP contribution in [0.4, 0.5) is 0 Å². The molecule has 1 aromatic heterocycles. The minimum absolute atomic E-state index is 0.0952. The van der Waals surface area contributed by atoms with Crippen LogP contribution >= 0.6 is 10.7 Å². The van der Waals surface area contributed by atoms with E-state index in [2.05, 4.69) is 5.10 Å². The van der Waals surface area contributed by atoms with Gasteiger partial charge in [0.1, 0.15) is 0 Å².